The summed E-state index contributed by atoms with van der Waals surface area (Å²) in [6.45, 7) is 7.33. The monoisotopic (exact) mass is 258 g/mol. The van der Waals surface area contributed by atoms with E-state index in [4.69, 9.17) is 5.26 Å². The van der Waals surface area contributed by atoms with Gasteiger partial charge in [-0.25, -0.2) is 4.89 Å². The maximum Gasteiger partial charge on any atom is 0.0820 e. The molecule has 0 saturated carbocycles. The molecule has 1 N–H and O–H groups in total. The summed E-state index contributed by atoms with van der Waals surface area (Å²) in [5.41, 5.74) is 0.514. The van der Waals surface area contributed by atoms with Crippen molar-refractivity contribution in [3.63, 3.8) is 0 Å². The Hall–Kier alpha value is -0.0800. The van der Waals surface area contributed by atoms with Crippen molar-refractivity contribution in [2.45, 2.75) is 91.4 Å². The Kier molecular flexibility index (Phi) is 11.9. The van der Waals surface area contributed by atoms with Crippen molar-refractivity contribution in [2.24, 2.45) is 5.41 Å². The maximum absolute atomic E-state index is 8.49. The molecule has 0 atom stereocenters. The number of hydrogen-bond donors (Lipinski definition) is 1. The van der Waals surface area contributed by atoms with Crippen LogP contribution in [0, 0.1) is 5.41 Å². The van der Waals surface area contributed by atoms with Crippen LogP contribution in [0.5, 0.6) is 0 Å². The minimum atomic E-state index is 0.492. The number of unbranched alkanes of at least 4 members (excludes halogenated alkanes) is 3. The van der Waals surface area contributed by atoms with Crippen molar-refractivity contribution in [3.8, 4) is 0 Å². The Morgan fingerprint density at radius 1 is 0.722 bits per heavy atom. The summed E-state index contributed by atoms with van der Waals surface area (Å²) in [5.74, 6) is 0. The molecule has 0 spiro atoms. The van der Waals surface area contributed by atoms with E-state index in [9.17, 15) is 0 Å². The quantitative estimate of drug-likeness (QED) is 0.256. The zero-order chi connectivity index (χ0) is 13.7. The lowest BCUT2D eigenvalue weighted by Crippen LogP contribution is -2.22. The minimum absolute atomic E-state index is 0.492. The molecule has 18 heavy (non-hydrogen) atoms. The highest BCUT2D eigenvalue weighted by Gasteiger charge is 2.27. The Labute approximate surface area is 114 Å². The van der Waals surface area contributed by atoms with E-state index in [1.54, 1.807) is 0 Å². The zero-order valence-corrected chi connectivity index (χ0v) is 12.8. The molecule has 0 aromatic heterocycles. The first-order valence-corrected chi connectivity index (χ1v) is 8.01. The molecule has 0 saturated heterocycles. The van der Waals surface area contributed by atoms with Gasteiger partial charge in [-0.1, -0.05) is 59.3 Å². The lowest BCUT2D eigenvalue weighted by molar-refractivity contribution is -0.243. The van der Waals surface area contributed by atoms with E-state index in [1.165, 1.54) is 64.2 Å². The molecule has 2 nitrogen and oxygen atoms in total. The SMILES string of the molecule is CCCCC(CCCC)(CCCC)CCCOO. The summed E-state index contributed by atoms with van der Waals surface area (Å²) in [6, 6.07) is 0. The third kappa shape index (κ3) is 8.10. The van der Waals surface area contributed by atoms with E-state index in [2.05, 4.69) is 25.7 Å². The van der Waals surface area contributed by atoms with Crippen LogP contribution in [0.25, 0.3) is 0 Å². The molecule has 0 radical (unpaired) electrons. The lowest BCUT2D eigenvalue weighted by atomic mass is 9.71. The van der Waals surface area contributed by atoms with Crippen molar-refractivity contribution < 1.29 is 10.1 Å². The van der Waals surface area contributed by atoms with Crippen LogP contribution in [0.1, 0.15) is 91.4 Å². The second-order valence-electron chi connectivity index (χ2n) is 5.75. The highest BCUT2D eigenvalue weighted by Crippen LogP contribution is 2.40. The molecule has 0 fully saturated rings. The van der Waals surface area contributed by atoms with Crippen LogP contribution >= 0.6 is 0 Å². The second kappa shape index (κ2) is 12.0. The highest BCUT2D eigenvalue weighted by atomic mass is 17.1. The fraction of sp³-hybridized carbons (Fsp3) is 1.00. The molecule has 0 bridgehead atoms. The molecule has 0 heterocycles. The summed E-state index contributed by atoms with van der Waals surface area (Å²) in [5, 5.41) is 8.49. The van der Waals surface area contributed by atoms with Gasteiger partial charge in [0.05, 0.1) is 6.61 Å². The van der Waals surface area contributed by atoms with Gasteiger partial charge >= 0.3 is 0 Å². The molecule has 0 aromatic carbocycles. The Bertz CT molecular complexity index is 147. The zero-order valence-electron chi connectivity index (χ0n) is 12.8. The van der Waals surface area contributed by atoms with Crippen LogP contribution < -0.4 is 0 Å². The molecule has 0 aliphatic carbocycles. The lowest BCUT2D eigenvalue weighted by Gasteiger charge is -2.34. The fourth-order valence-electron chi connectivity index (χ4n) is 2.92. The number of rotatable bonds is 13. The number of hydrogen-bond acceptors (Lipinski definition) is 2. The molecule has 110 valence electrons. The second-order valence-corrected chi connectivity index (χ2v) is 5.75. The van der Waals surface area contributed by atoms with Gasteiger partial charge in [0.1, 0.15) is 0 Å². The van der Waals surface area contributed by atoms with Crippen LogP contribution in [-0.2, 0) is 4.89 Å². The van der Waals surface area contributed by atoms with Crippen LogP contribution in [0.4, 0.5) is 0 Å². The maximum atomic E-state index is 8.49. The summed E-state index contributed by atoms with van der Waals surface area (Å²) in [4.78, 5) is 4.25. The Balaban J connectivity index is 4.41. The van der Waals surface area contributed by atoms with Gasteiger partial charge in [-0.2, -0.15) is 0 Å². The van der Waals surface area contributed by atoms with Crippen LogP contribution in [0.15, 0.2) is 0 Å². The summed E-state index contributed by atoms with van der Waals surface area (Å²) in [7, 11) is 0. The molecule has 0 amide bonds. The Morgan fingerprint density at radius 3 is 1.44 bits per heavy atom. The molecular formula is C16H34O2. The first-order valence-electron chi connectivity index (χ1n) is 8.01. The topological polar surface area (TPSA) is 29.5 Å². The van der Waals surface area contributed by atoms with Crippen molar-refractivity contribution >= 4 is 0 Å². The van der Waals surface area contributed by atoms with E-state index >= 15 is 0 Å². The van der Waals surface area contributed by atoms with E-state index in [-0.39, 0.29) is 0 Å². The molecule has 0 aliphatic rings. The molecule has 0 unspecified atom stereocenters. The van der Waals surface area contributed by atoms with E-state index in [1.807, 2.05) is 0 Å². The molecule has 0 aliphatic heterocycles. The minimum Gasteiger partial charge on any atom is -0.252 e. The van der Waals surface area contributed by atoms with Crippen LogP contribution in [-0.4, -0.2) is 11.9 Å². The van der Waals surface area contributed by atoms with E-state index in [0.717, 1.165) is 6.42 Å². The molecular weight excluding hydrogens is 224 g/mol. The smallest absolute Gasteiger partial charge is 0.0820 e. The van der Waals surface area contributed by atoms with E-state index in [0.29, 0.717) is 12.0 Å². The van der Waals surface area contributed by atoms with Gasteiger partial charge in [0.2, 0.25) is 0 Å². The van der Waals surface area contributed by atoms with Crippen molar-refractivity contribution in [2.75, 3.05) is 6.61 Å². The predicted molar refractivity (Wildman–Crippen MR) is 78.8 cm³/mol. The van der Waals surface area contributed by atoms with Crippen LogP contribution in [0.2, 0.25) is 0 Å². The van der Waals surface area contributed by atoms with Gasteiger partial charge in [0.25, 0.3) is 0 Å². The Morgan fingerprint density at radius 2 is 1.11 bits per heavy atom. The molecule has 0 rings (SSSR count). The van der Waals surface area contributed by atoms with Gasteiger partial charge in [-0.15, -0.1) is 0 Å². The van der Waals surface area contributed by atoms with E-state index < -0.39 is 0 Å². The van der Waals surface area contributed by atoms with Crippen molar-refractivity contribution in [1.82, 2.24) is 0 Å². The van der Waals surface area contributed by atoms with Gasteiger partial charge in [0, 0.05) is 0 Å². The highest BCUT2D eigenvalue weighted by molar-refractivity contribution is 4.79. The first kappa shape index (κ1) is 17.9. The van der Waals surface area contributed by atoms with Crippen molar-refractivity contribution in [3.05, 3.63) is 0 Å². The first-order chi connectivity index (χ1) is 8.74. The third-order valence-corrected chi connectivity index (χ3v) is 4.12. The molecule has 0 aromatic rings. The summed E-state index contributed by atoms with van der Waals surface area (Å²) in [6.07, 6.45) is 14.2. The average molecular weight is 258 g/mol. The van der Waals surface area contributed by atoms with Gasteiger partial charge in [-0.05, 0) is 37.5 Å². The van der Waals surface area contributed by atoms with Gasteiger partial charge in [-0.3, -0.25) is 5.26 Å². The average Bonchev–Trinajstić information content (AvgIpc) is 2.40. The summed E-state index contributed by atoms with van der Waals surface area (Å²) >= 11 is 0. The normalized spacial score (nSPS) is 12.0. The standard InChI is InChI=1S/C16H34O2/c1-4-7-11-16(12-8-5-2,13-9-6-3)14-10-15-18-17/h17H,4-15H2,1-3H3. The third-order valence-electron chi connectivity index (χ3n) is 4.12. The summed E-state index contributed by atoms with van der Waals surface area (Å²) < 4.78 is 0. The van der Waals surface area contributed by atoms with Crippen molar-refractivity contribution in [1.29, 1.82) is 0 Å². The van der Waals surface area contributed by atoms with Crippen LogP contribution in [0.3, 0.4) is 0 Å². The van der Waals surface area contributed by atoms with Gasteiger partial charge in [0.15, 0.2) is 0 Å². The largest absolute Gasteiger partial charge is 0.252 e. The fourth-order valence-corrected chi connectivity index (χ4v) is 2.92. The van der Waals surface area contributed by atoms with Gasteiger partial charge < -0.3 is 0 Å². The predicted octanol–water partition coefficient (Wildman–Crippen LogP) is 5.81. The molecule has 2 heteroatoms.